The Morgan fingerprint density at radius 1 is 1.11 bits per heavy atom. The highest BCUT2D eigenvalue weighted by molar-refractivity contribution is 9.10. The molecule has 0 fully saturated rings. The van der Waals surface area contributed by atoms with Crippen LogP contribution in [0.3, 0.4) is 0 Å². The Labute approximate surface area is 133 Å². The molecule has 0 amide bonds. The molecule has 0 heterocycles. The van der Waals surface area contributed by atoms with Crippen molar-refractivity contribution in [2.24, 2.45) is 0 Å². The first-order chi connectivity index (χ1) is 8.97. The third-order valence-corrected chi connectivity index (χ3v) is 3.89. The van der Waals surface area contributed by atoms with E-state index >= 15 is 0 Å². The van der Waals surface area contributed by atoms with Crippen LogP contribution in [0.1, 0.15) is 18.6 Å². The van der Waals surface area contributed by atoms with Crippen LogP contribution in [0.15, 0.2) is 45.3 Å². The standard InChI is InChI=1S/C14H11Br2ClO2/c1-8(18)11-4-2-9(15)6-14(11)19-13-5-3-10(17)7-12(13)16/h2-8,18H,1H3. The average Bonchev–Trinajstić information content (AvgIpc) is 2.32. The van der Waals surface area contributed by atoms with Gasteiger partial charge in [-0.05, 0) is 53.2 Å². The molecule has 100 valence electrons. The maximum absolute atomic E-state index is 9.76. The van der Waals surface area contributed by atoms with Crippen LogP contribution < -0.4 is 4.74 Å². The molecule has 0 radical (unpaired) electrons. The van der Waals surface area contributed by atoms with Gasteiger partial charge in [0.2, 0.25) is 0 Å². The number of rotatable bonds is 3. The van der Waals surface area contributed by atoms with E-state index in [2.05, 4.69) is 31.9 Å². The molecule has 2 rings (SSSR count). The fourth-order valence-electron chi connectivity index (χ4n) is 1.62. The molecule has 1 unspecified atom stereocenters. The van der Waals surface area contributed by atoms with Gasteiger partial charge in [-0.2, -0.15) is 0 Å². The minimum absolute atomic E-state index is 0.603. The van der Waals surface area contributed by atoms with E-state index in [9.17, 15) is 5.11 Å². The number of hydrogen-bond acceptors (Lipinski definition) is 2. The van der Waals surface area contributed by atoms with E-state index in [1.54, 1.807) is 25.1 Å². The highest BCUT2D eigenvalue weighted by Gasteiger charge is 2.12. The van der Waals surface area contributed by atoms with E-state index in [1.165, 1.54) is 0 Å². The van der Waals surface area contributed by atoms with Gasteiger partial charge in [0.1, 0.15) is 11.5 Å². The molecule has 0 spiro atoms. The van der Waals surface area contributed by atoms with Crippen molar-refractivity contribution in [3.05, 3.63) is 55.9 Å². The van der Waals surface area contributed by atoms with E-state index in [4.69, 9.17) is 16.3 Å². The van der Waals surface area contributed by atoms with Crippen molar-refractivity contribution in [3.8, 4) is 11.5 Å². The lowest BCUT2D eigenvalue weighted by atomic mass is 10.1. The van der Waals surface area contributed by atoms with Gasteiger partial charge in [0.05, 0.1) is 10.6 Å². The smallest absolute Gasteiger partial charge is 0.141 e. The zero-order chi connectivity index (χ0) is 14.0. The molecule has 0 saturated heterocycles. The molecular formula is C14H11Br2ClO2. The van der Waals surface area contributed by atoms with E-state index in [1.807, 2.05) is 18.2 Å². The third-order valence-electron chi connectivity index (χ3n) is 2.54. The summed E-state index contributed by atoms with van der Waals surface area (Å²) in [6.07, 6.45) is -0.603. The first-order valence-electron chi connectivity index (χ1n) is 5.58. The number of halogens is 3. The number of aliphatic hydroxyl groups is 1. The maximum Gasteiger partial charge on any atom is 0.141 e. The second-order valence-corrected chi connectivity index (χ2v) is 6.24. The molecule has 0 bridgehead atoms. The SMILES string of the molecule is CC(O)c1ccc(Br)cc1Oc1ccc(Cl)cc1Br. The summed E-state index contributed by atoms with van der Waals surface area (Å²) in [7, 11) is 0. The molecule has 19 heavy (non-hydrogen) atoms. The van der Waals surface area contributed by atoms with Gasteiger partial charge in [0.25, 0.3) is 0 Å². The van der Waals surface area contributed by atoms with Crippen LogP contribution in [0, 0.1) is 0 Å². The molecule has 0 aliphatic heterocycles. The summed E-state index contributed by atoms with van der Waals surface area (Å²) >= 11 is 12.7. The zero-order valence-electron chi connectivity index (χ0n) is 10.0. The lowest BCUT2D eigenvalue weighted by molar-refractivity contribution is 0.195. The number of benzene rings is 2. The lowest BCUT2D eigenvalue weighted by Gasteiger charge is -2.14. The average molecular weight is 407 g/mol. The van der Waals surface area contributed by atoms with Crippen molar-refractivity contribution < 1.29 is 9.84 Å². The molecule has 0 aromatic heterocycles. The summed E-state index contributed by atoms with van der Waals surface area (Å²) in [6, 6.07) is 10.8. The fraction of sp³-hybridized carbons (Fsp3) is 0.143. The quantitative estimate of drug-likeness (QED) is 0.707. The van der Waals surface area contributed by atoms with E-state index < -0.39 is 6.10 Å². The Kier molecular flexibility index (Phi) is 4.90. The fourth-order valence-corrected chi connectivity index (χ4v) is 2.72. The van der Waals surface area contributed by atoms with E-state index in [0.29, 0.717) is 16.5 Å². The second-order valence-electron chi connectivity index (χ2n) is 4.03. The summed E-state index contributed by atoms with van der Waals surface area (Å²) in [4.78, 5) is 0. The van der Waals surface area contributed by atoms with Gasteiger partial charge >= 0.3 is 0 Å². The van der Waals surface area contributed by atoms with Crippen LogP contribution in [-0.4, -0.2) is 5.11 Å². The Bertz CT molecular complexity index is 600. The molecule has 1 atom stereocenters. The Hall–Kier alpha value is -0.550. The zero-order valence-corrected chi connectivity index (χ0v) is 14.0. The first kappa shape index (κ1) is 14.9. The summed E-state index contributed by atoms with van der Waals surface area (Å²) in [5.41, 5.74) is 0.727. The van der Waals surface area contributed by atoms with Crippen molar-refractivity contribution in [2.75, 3.05) is 0 Å². The predicted molar refractivity (Wildman–Crippen MR) is 84.0 cm³/mol. The minimum Gasteiger partial charge on any atom is -0.456 e. The Morgan fingerprint density at radius 2 is 1.84 bits per heavy atom. The molecule has 0 aliphatic carbocycles. The largest absolute Gasteiger partial charge is 0.456 e. The van der Waals surface area contributed by atoms with Crippen LogP contribution in [0.2, 0.25) is 5.02 Å². The predicted octanol–water partition coefficient (Wildman–Crippen LogP) is 5.71. The number of aliphatic hydroxyl groups excluding tert-OH is 1. The number of hydrogen-bond donors (Lipinski definition) is 1. The highest BCUT2D eigenvalue weighted by atomic mass is 79.9. The van der Waals surface area contributed by atoms with Crippen LogP contribution in [-0.2, 0) is 0 Å². The van der Waals surface area contributed by atoms with Crippen molar-refractivity contribution in [1.29, 1.82) is 0 Å². The molecule has 1 N–H and O–H groups in total. The lowest BCUT2D eigenvalue weighted by Crippen LogP contribution is -1.96. The topological polar surface area (TPSA) is 29.5 Å². The van der Waals surface area contributed by atoms with Crippen LogP contribution in [0.25, 0.3) is 0 Å². The van der Waals surface area contributed by atoms with Crippen LogP contribution in [0.4, 0.5) is 0 Å². The molecule has 2 nitrogen and oxygen atoms in total. The maximum atomic E-state index is 9.76. The molecule has 2 aromatic rings. The molecular weight excluding hydrogens is 395 g/mol. The van der Waals surface area contributed by atoms with Crippen molar-refractivity contribution in [1.82, 2.24) is 0 Å². The first-order valence-corrected chi connectivity index (χ1v) is 7.54. The Balaban J connectivity index is 2.39. The summed E-state index contributed by atoms with van der Waals surface area (Å²) in [5, 5.41) is 10.4. The van der Waals surface area contributed by atoms with Gasteiger partial charge < -0.3 is 9.84 Å². The summed E-state index contributed by atoms with van der Waals surface area (Å²) < 4.78 is 7.49. The van der Waals surface area contributed by atoms with Crippen molar-refractivity contribution in [2.45, 2.75) is 13.0 Å². The molecule has 2 aromatic carbocycles. The monoisotopic (exact) mass is 404 g/mol. The van der Waals surface area contributed by atoms with Gasteiger partial charge in [-0.25, -0.2) is 0 Å². The van der Waals surface area contributed by atoms with Crippen LogP contribution in [0.5, 0.6) is 11.5 Å². The minimum atomic E-state index is -0.603. The van der Waals surface area contributed by atoms with Crippen molar-refractivity contribution >= 4 is 43.5 Å². The second kappa shape index (κ2) is 6.27. The van der Waals surface area contributed by atoms with Crippen LogP contribution >= 0.6 is 43.5 Å². The third kappa shape index (κ3) is 3.72. The van der Waals surface area contributed by atoms with E-state index in [-0.39, 0.29) is 0 Å². The van der Waals surface area contributed by atoms with Gasteiger partial charge in [-0.3, -0.25) is 0 Å². The summed E-state index contributed by atoms with van der Waals surface area (Å²) in [6.45, 7) is 1.70. The van der Waals surface area contributed by atoms with Gasteiger partial charge in [0, 0.05) is 15.1 Å². The number of ether oxygens (including phenoxy) is 1. The normalized spacial score (nSPS) is 12.3. The van der Waals surface area contributed by atoms with Gasteiger partial charge in [-0.1, -0.05) is 33.6 Å². The van der Waals surface area contributed by atoms with Gasteiger partial charge in [-0.15, -0.1) is 0 Å². The molecule has 0 aliphatic rings. The molecule has 5 heteroatoms. The van der Waals surface area contributed by atoms with E-state index in [0.717, 1.165) is 14.5 Å². The van der Waals surface area contributed by atoms with Crippen molar-refractivity contribution in [3.63, 3.8) is 0 Å². The highest BCUT2D eigenvalue weighted by Crippen LogP contribution is 2.36. The summed E-state index contributed by atoms with van der Waals surface area (Å²) in [5.74, 6) is 1.25. The Morgan fingerprint density at radius 3 is 2.47 bits per heavy atom. The van der Waals surface area contributed by atoms with Gasteiger partial charge in [0.15, 0.2) is 0 Å². The molecule has 0 saturated carbocycles.